The SMILES string of the molecule is COc1cc2c(cc1OC)[C@H]1CN(C)CC[C@H]1N=C2c1ccc(NC(C)=O)cc1. The summed E-state index contributed by atoms with van der Waals surface area (Å²) in [5.74, 6) is 1.71. The van der Waals surface area contributed by atoms with Crippen LogP contribution < -0.4 is 14.8 Å². The van der Waals surface area contributed by atoms with Crippen LogP contribution in [-0.4, -0.2) is 56.9 Å². The number of piperidine rings is 1. The monoisotopic (exact) mass is 393 g/mol. The predicted molar refractivity (Wildman–Crippen MR) is 115 cm³/mol. The van der Waals surface area contributed by atoms with E-state index in [1.54, 1.807) is 14.2 Å². The maximum atomic E-state index is 11.3. The summed E-state index contributed by atoms with van der Waals surface area (Å²) < 4.78 is 11.2. The molecule has 0 radical (unpaired) electrons. The molecule has 2 aromatic rings. The fraction of sp³-hybridized carbons (Fsp3) is 0.391. The molecule has 1 N–H and O–H groups in total. The fourth-order valence-electron chi connectivity index (χ4n) is 4.35. The third-order valence-electron chi connectivity index (χ3n) is 5.76. The molecule has 0 bridgehead atoms. The van der Waals surface area contributed by atoms with E-state index >= 15 is 0 Å². The highest BCUT2D eigenvalue weighted by molar-refractivity contribution is 6.15. The van der Waals surface area contributed by atoms with Crippen molar-refractivity contribution in [1.29, 1.82) is 0 Å². The standard InChI is InChI=1S/C23H27N3O3/c1-14(27)24-16-7-5-15(6-8-16)23-18-12-22(29-4)21(28-3)11-17(18)19-13-26(2)10-9-20(19)25-23/h5-8,11-12,19-20H,9-10,13H2,1-4H3,(H,24,27)/t19-,20-/m1/s1. The molecular weight excluding hydrogens is 366 g/mol. The van der Waals surface area contributed by atoms with Gasteiger partial charge in [-0.05, 0) is 49.8 Å². The Kier molecular flexibility index (Phi) is 5.28. The van der Waals surface area contributed by atoms with Crippen LogP contribution in [-0.2, 0) is 4.79 Å². The third kappa shape index (κ3) is 3.72. The Hall–Kier alpha value is -2.86. The summed E-state index contributed by atoms with van der Waals surface area (Å²) in [7, 11) is 5.49. The number of rotatable bonds is 4. The largest absolute Gasteiger partial charge is 0.493 e. The van der Waals surface area contributed by atoms with E-state index in [4.69, 9.17) is 14.5 Å². The molecule has 2 heterocycles. The number of hydrogen-bond donors (Lipinski definition) is 1. The fourth-order valence-corrected chi connectivity index (χ4v) is 4.35. The van der Waals surface area contributed by atoms with Crippen LogP contribution in [0.2, 0.25) is 0 Å². The van der Waals surface area contributed by atoms with Crippen LogP contribution in [0.25, 0.3) is 0 Å². The zero-order valence-electron chi connectivity index (χ0n) is 17.4. The van der Waals surface area contributed by atoms with Crippen LogP contribution in [0.1, 0.15) is 36.0 Å². The second-order valence-corrected chi connectivity index (χ2v) is 7.76. The molecule has 2 aliphatic heterocycles. The maximum absolute atomic E-state index is 11.3. The number of likely N-dealkylation sites (tertiary alicyclic amines) is 1. The van der Waals surface area contributed by atoms with Crippen LogP contribution in [0.5, 0.6) is 11.5 Å². The Morgan fingerprint density at radius 1 is 1.14 bits per heavy atom. The summed E-state index contributed by atoms with van der Waals surface area (Å²) in [6.45, 7) is 3.53. The van der Waals surface area contributed by atoms with E-state index in [1.165, 1.54) is 12.5 Å². The van der Waals surface area contributed by atoms with Crippen LogP contribution in [0.15, 0.2) is 41.4 Å². The van der Waals surface area contributed by atoms with Gasteiger partial charge in [0.1, 0.15) is 0 Å². The lowest BCUT2D eigenvalue weighted by molar-refractivity contribution is -0.114. The van der Waals surface area contributed by atoms with Crippen molar-refractivity contribution in [3.63, 3.8) is 0 Å². The molecule has 2 aromatic carbocycles. The molecule has 152 valence electrons. The quantitative estimate of drug-likeness (QED) is 0.866. The normalized spacial score (nSPS) is 20.9. The number of hydrogen-bond acceptors (Lipinski definition) is 5. The van der Waals surface area contributed by atoms with Crippen molar-refractivity contribution in [2.45, 2.75) is 25.3 Å². The number of carbonyl (C=O) groups is 1. The molecule has 4 rings (SSSR count). The first-order valence-corrected chi connectivity index (χ1v) is 9.90. The lowest BCUT2D eigenvalue weighted by Gasteiger charge is -2.39. The van der Waals surface area contributed by atoms with Crippen molar-refractivity contribution in [3.8, 4) is 11.5 Å². The number of nitrogens with one attached hydrogen (secondary N) is 1. The Labute approximate surface area is 171 Å². The summed E-state index contributed by atoms with van der Waals surface area (Å²) in [5.41, 5.74) is 5.13. The molecule has 1 amide bonds. The van der Waals surface area contributed by atoms with E-state index in [-0.39, 0.29) is 11.9 Å². The highest BCUT2D eigenvalue weighted by atomic mass is 16.5. The smallest absolute Gasteiger partial charge is 0.221 e. The highest BCUT2D eigenvalue weighted by Crippen LogP contribution is 2.42. The molecule has 0 saturated carbocycles. The number of fused-ring (bicyclic) bond motifs is 3. The van der Waals surface area contributed by atoms with Gasteiger partial charge in [-0.25, -0.2) is 0 Å². The number of likely N-dealkylation sites (N-methyl/N-ethyl adjacent to an activating group) is 1. The number of anilines is 1. The summed E-state index contributed by atoms with van der Waals surface area (Å²) in [6, 6.07) is 12.3. The third-order valence-corrected chi connectivity index (χ3v) is 5.76. The topological polar surface area (TPSA) is 63.2 Å². The highest BCUT2D eigenvalue weighted by Gasteiger charge is 2.36. The van der Waals surface area contributed by atoms with Gasteiger partial charge in [-0.3, -0.25) is 9.79 Å². The second-order valence-electron chi connectivity index (χ2n) is 7.76. The minimum atomic E-state index is -0.0795. The second kappa shape index (κ2) is 7.87. The summed E-state index contributed by atoms with van der Waals surface area (Å²) in [4.78, 5) is 18.9. The van der Waals surface area contributed by atoms with Gasteiger partial charge in [-0.1, -0.05) is 12.1 Å². The number of nitrogens with zero attached hydrogens (tertiary/aromatic N) is 2. The zero-order chi connectivity index (χ0) is 20.5. The average Bonchev–Trinajstić information content (AvgIpc) is 2.72. The van der Waals surface area contributed by atoms with Gasteiger partial charge in [0.25, 0.3) is 0 Å². The molecule has 0 spiro atoms. The molecule has 1 fully saturated rings. The lowest BCUT2D eigenvalue weighted by atomic mass is 9.79. The van der Waals surface area contributed by atoms with Crippen molar-refractivity contribution in [2.75, 3.05) is 39.7 Å². The summed E-state index contributed by atoms with van der Waals surface area (Å²) >= 11 is 0. The number of benzene rings is 2. The van der Waals surface area contributed by atoms with Gasteiger partial charge < -0.3 is 19.7 Å². The number of aliphatic imine (C=N–C) groups is 1. The Bertz CT molecular complexity index is 953. The first-order chi connectivity index (χ1) is 14.0. The van der Waals surface area contributed by atoms with Crippen LogP contribution in [0, 0.1) is 0 Å². The number of carbonyl (C=O) groups excluding carboxylic acids is 1. The Morgan fingerprint density at radius 3 is 2.48 bits per heavy atom. The van der Waals surface area contributed by atoms with E-state index in [2.05, 4.69) is 23.3 Å². The van der Waals surface area contributed by atoms with Crippen molar-refractivity contribution >= 4 is 17.3 Å². The minimum absolute atomic E-state index is 0.0795. The molecule has 6 nitrogen and oxygen atoms in total. The molecular formula is C23H27N3O3. The van der Waals surface area contributed by atoms with Crippen molar-refractivity contribution in [2.24, 2.45) is 4.99 Å². The van der Waals surface area contributed by atoms with Gasteiger partial charge >= 0.3 is 0 Å². The van der Waals surface area contributed by atoms with Gasteiger partial charge in [0.15, 0.2) is 11.5 Å². The van der Waals surface area contributed by atoms with Gasteiger partial charge in [-0.15, -0.1) is 0 Å². The molecule has 2 atom stereocenters. The van der Waals surface area contributed by atoms with E-state index in [0.717, 1.165) is 47.8 Å². The van der Waals surface area contributed by atoms with Crippen LogP contribution >= 0.6 is 0 Å². The Morgan fingerprint density at radius 2 is 1.83 bits per heavy atom. The first kappa shape index (κ1) is 19.5. The van der Waals surface area contributed by atoms with Crippen molar-refractivity contribution in [1.82, 2.24) is 4.90 Å². The average molecular weight is 393 g/mol. The zero-order valence-corrected chi connectivity index (χ0v) is 17.4. The molecule has 29 heavy (non-hydrogen) atoms. The lowest BCUT2D eigenvalue weighted by Crippen LogP contribution is -2.41. The van der Waals surface area contributed by atoms with Crippen molar-refractivity contribution < 1.29 is 14.3 Å². The molecule has 1 saturated heterocycles. The van der Waals surface area contributed by atoms with Gasteiger partial charge in [0, 0.05) is 36.2 Å². The van der Waals surface area contributed by atoms with E-state index < -0.39 is 0 Å². The summed E-state index contributed by atoms with van der Waals surface area (Å²) in [6.07, 6.45) is 1.03. The maximum Gasteiger partial charge on any atom is 0.221 e. The summed E-state index contributed by atoms with van der Waals surface area (Å²) in [5, 5.41) is 2.82. The van der Waals surface area contributed by atoms with E-state index in [9.17, 15) is 4.79 Å². The van der Waals surface area contributed by atoms with E-state index in [0.29, 0.717) is 11.7 Å². The molecule has 0 aromatic heterocycles. The predicted octanol–water partition coefficient (Wildman–Crippen LogP) is 3.30. The molecule has 6 heteroatoms. The molecule has 0 aliphatic carbocycles. The Balaban J connectivity index is 1.81. The van der Waals surface area contributed by atoms with E-state index in [1.807, 2.05) is 30.3 Å². The molecule has 0 unspecified atom stereocenters. The first-order valence-electron chi connectivity index (χ1n) is 9.90. The number of amides is 1. The van der Waals surface area contributed by atoms with Gasteiger partial charge in [0.2, 0.25) is 5.91 Å². The van der Waals surface area contributed by atoms with Gasteiger partial charge in [0.05, 0.1) is 26.0 Å². The number of ether oxygens (including phenoxy) is 2. The van der Waals surface area contributed by atoms with Crippen LogP contribution in [0.4, 0.5) is 5.69 Å². The minimum Gasteiger partial charge on any atom is -0.493 e. The molecule has 2 aliphatic rings. The van der Waals surface area contributed by atoms with Crippen LogP contribution in [0.3, 0.4) is 0 Å². The van der Waals surface area contributed by atoms with Gasteiger partial charge in [-0.2, -0.15) is 0 Å². The number of methoxy groups -OCH3 is 2. The van der Waals surface area contributed by atoms with Crippen molar-refractivity contribution in [3.05, 3.63) is 53.1 Å².